The van der Waals surface area contributed by atoms with Crippen molar-refractivity contribution in [3.63, 3.8) is 0 Å². The zero-order chi connectivity index (χ0) is 21.9. The Kier molecular flexibility index (Phi) is 31.0. The summed E-state index contributed by atoms with van der Waals surface area (Å²) in [6, 6.07) is 32.5. The largest absolute Gasteiger partial charge is 0.107 e. The summed E-state index contributed by atoms with van der Waals surface area (Å²) in [5.74, 6) is 5.36. The molecule has 0 saturated carbocycles. The second-order valence-corrected chi connectivity index (χ2v) is 4.96. The molecule has 0 heteroatoms. The predicted octanol–water partition coefficient (Wildman–Crippen LogP) is 8.76. The van der Waals surface area contributed by atoms with E-state index < -0.39 is 0 Å². The fourth-order valence-electron chi connectivity index (χ4n) is 1.45. The average molecular weight is 377 g/mol. The molecular formula is C28H40. The molecule has 0 aliphatic carbocycles. The van der Waals surface area contributed by atoms with E-state index in [1.807, 2.05) is 114 Å². The van der Waals surface area contributed by atoms with Crippen LogP contribution in [-0.2, 0) is 0 Å². The Morgan fingerprint density at radius 1 is 0.393 bits per heavy atom. The van der Waals surface area contributed by atoms with Crippen molar-refractivity contribution in [1.29, 1.82) is 0 Å². The molecule has 152 valence electrons. The number of aryl methyl sites for hydroxylation is 2. The third-order valence-electron chi connectivity index (χ3n) is 2.80. The molecule has 0 fully saturated rings. The first kappa shape index (κ1) is 30.0. The molecule has 28 heavy (non-hydrogen) atoms. The Bertz CT molecular complexity index is 574. The van der Waals surface area contributed by atoms with E-state index in [4.69, 9.17) is 0 Å². The Morgan fingerprint density at radius 3 is 0.679 bits per heavy atom. The van der Waals surface area contributed by atoms with E-state index >= 15 is 0 Å². The summed E-state index contributed by atoms with van der Waals surface area (Å²) in [6.45, 7) is 15.8. The van der Waals surface area contributed by atoms with Crippen molar-refractivity contribution in [3.05, 3.63) is 108 Å². The molecule has 0 bridgehead atoms. The van der Waals surface area contributed by atoms with Crippen LogP contribution in [0.15, 0.2) is 97.1 Å². The van der Waals surface area contributed by atoms with Crippen molar-refractivity contribution in [2.45, 2.75) is 55.4 Å². The first-order chi connectivity index (χ1) is 13.7. The highest BCUT2D eigenvalue weighted by atomic mass is 13.8. The van der Waals surface area contributed by atoms with Crippen LogP contribution >= 0.6 is 0 Å². The van der Waals surface area contributed by atoms with E-state index in [1.165, 1.54) is 11.1 Å². The molecule has 0 atom stereocenters. The van der Waals surface area contributed by atoms with Crippen LogP contribution in [0, 0.1) is 25.7 Å². The fourth-order valence-corrected chi connectivity index (χ4v) is 1.45. The summed E-state index contributed by atoms with van der Waals surface area (Å²) in [5, 5.41) is 0. The maximum Gasteiger partial charge on any atom is -0.00271 e. The zero-order valence-electron chi connectivity index (χ0n) is 19.2. The van der Waals surface area contributed by atoms with E-state index in [1.54, 1.807) is 0 Å². The molecule has 0 aromatic heterocycles. The van der Waals surface area contributed by atoms with E-state index in [-0.39, 0.29) is 0 Å². The van der Waals surface area contributed by atoms with Crippen molar-refractivity contribution >= 4 is 0 Å². The Hall–Kier alpha value is -2.78. The number of rotatable bonds is 0. The minimum Gasteiger partial charge on any atom is -0.107 e. The van der Waals surface area contributed by atoms with Gasteiger partial charge in [0.05, 0.1) is 0 Å². The van der Waals surface area contributed by atoms with E-state index in [0.29, 0.717) is 0 Å². The highest BCUT2D eigenvalue weighted by Crippen LogP contribution is 1.92. The normalized spacial score (nSPS) is 7.00. The van der Waals surface area contributed by atoms with Gasteiger partial charge in [0.25, 0.3) is 0 Å². The summed E-state index contributed by atoms with van der Waals surface area (Å²) < 4.78 is 0. The molecule has 0 aliphatic rings. The summed E-state index contributed by atoms with van der Waals surface area (Å²) >= 11 is 0. The van der Waals surface area contributed by atoms with Crippen molar-refractivity contribution in [1.82, 2.24) is 0 Å². The minimum atomic E-state index is 1.32. The Labute approximate surface area is 175 Å². The van der Waals surface area contributed by atoms with Gasteiger partial charge in [-0.3, -0.25) is 0 Å². The molecule has 0 heterocycles. The van der Waals surface area contributed by atoms with Gasteiger partial charge >= 0.3 is 0 Å². The monoisotopic (exact) mass is 376 g/mol. The highest BCUT2D eigenvalue weighted by molar-refractivity contribution is 5.12. The topological polar surface area (TPSA) is 0 Å². The smallest absolute Gasteiger partial charge is 0.00271 e. The molecule has 0 radical (unpaired) electrons. The summed E-state index contributed by atoms with van der Waals surface area (Å²) in [6.07, 6.45) is 0. The van der Waals surface area contributed by atoms with Gasteiger partial charge in [-0.25, -0.2) is 0 Å². The van der Waals surface area contributed by atoms with Crippen LogP contribution < -0.4 is 0 Å². The van der Waals surface area contributed by atoms with Crippen molar-refractivity contribution in [3.8, 4) is 11.8 Å². The van der Waals surface area contributed by atoms with E-state index in [0.717, 1.165) is 0 Å². The molecule has 0 saturated heterocycles. The second kappa shape index (κ2) is 29.0. The zero-order valence-corrected chi connectivity index (χ0v) is 19.2. The maximum absolute atomic E-state index is 2.68. The third kappa shape index (κ3) is 28.0. The lowest BCUT2D eigenvalue weighted by molar-refractivity contribution is 1.48. The van der Waals surface area contributed by atoms with Crippen LogP contribution in [0.5, 0.6) is 0 Å². The first-order valence-corrected chi connectivity index (χ1v) is 10.1. The molecule has 3 aromatic rings. The average Bonchev–Trinajstić information content (AvgIpc) is 2.80. The molecule has 0 aliphatic heterocycles. The molecule has 0 N–H and O–H groups in total. The number of benzene rings is 3. The Morgan fingerprint density at radius 2 is 0.571 bits per heavy atom. The maximum atomic E-state index is 2.68. The van der Waals surface area contributed by atoms with Crippen LogP contribution in [0.4, 0.5) is 0 Å². The molecule has 3 rings (SSSR count). The number of hydrogen-bond donors (Lipinski definition) is 0. The first-order valence-electron chi connectivity index (χ1n) is 10.1. The lowest BCUT2D eigenvalue weighted by Gasteiger charge is -1.82. The van der Waals surface area contributed by atoms with Gasteiger partial charge in [-0.15, -0.1) is 11.8 Å². The summed E-state index contributed by atoms with van der Waals surface area (Å²) in [4.78, 5) is 0. The van der Waals surface area contributed by atoms with Gasteiger partial charge in [-0.05, 0) is 27.7 Å². The molecule has 3 aromatic carbocycles. The fraction of sp³-hybridized carbons (Fsp3) is 0.286. The minimum absolute atomic E-state index is 1.32. The van der Waals surface area contributed by atoms with Crippen molar-refractivity contribution in [2.24, 2.45) is 0 Å². The number of hydrogen-bond acceptors (Lipinski definition) is 0. The second-order valence-electron chi connectivity index (χ2n) is 4.96. The molecule has 0 spiro atoms. The van der Waals surface area contributed by atoms with Gasteiger partial charge in [-0.1, -0.05) is 136 Å². The Balaban J connectivity index is -0.000000285. The van der Waals surface area contributed by atoms with Gasteiger partial charge in [-0.2, -0.15) is 0 Å². The van der Waals surface area contributed by atoms with Crippen LogP contribution in [0.1, 0.15) is 52.7 Å². The van der Waals surface area contributed by atoms with Gasteiger partial charge in [0.1, 0.15) is 0 Å². The summed E-state index contributed by atoms with van der Waals surface area (Å²) in [7, 11) is 0. The molecule has 0 amide bonds. The van der Waals surface area contributed by atoms with Crippen LogP contribution in [-0.4, -0.2) is 0 Å². The molecule has 0 unspecified atom stereocenters. The quantitative estimate of drug-likeness (QED) is 0.344. The van der Waals surface area contributed by atoms with Crippen LogP contribution in [0.3, 0.4) is 0 Å². The van der Waals surface area contributed by atoms with Crippen molar-refractivity contribution < 1.29 is 0 Å². The highest BCUT2D eigenvalue weighted by Gasteiger charge is 1.72. The van der Waals surface area contributed by atoms with Crippen LogP contribution in [0.25, 0.3) is 0 Å². The molecule has 0 nitrogen and oxygen atoms in total. The lowest BCUT2D eigenvalue weighted by atomic mass is 10.2. The predicted molar refractivity (Wildman–Crippen MR) is 131 cm³/mol. The lowest BCUT2D eigenvalue weighted by Crippen LogP contribution is -1.62. The summed E-state index contributed by atoms with van der Waals surface area (Å²) in [5.41, 5.74) is 2.64. The van der Waals surface area contributed by atoms with Gasteiger partial charge < -0.3 is 0 Å². The van der Waals surface area contributed by atoms with E-state index in [9.17, 15) is 0 Å². The van der Waals surface area contributed by atoms with E-state index in [2.05, 4.69) is 50.0 Å². The van der Waals surface area contributed by atoms with Crippen LogP contribution in [0.2, 0.25) is 0 Å². The standard InChI is InChI=1S/2C7H8.C6H6.C4H6.2C2H6/c2*1-7-5-3-2-4-6-7;1-2-4-6-5-3-1;1-3-4-2;2*1-2/h2*2-6H,1H3;1-6H;1-2H3;2*1-2H3. The van der Waals surface area contributed by atoms with Gasteiger partial charge in [0, 0.05) is 0 Å². The molecular weight excluding hydrogens is 336 g/mol. The van der Waals surface area contributed by atoms with Crippen molar-refractivity contribution in [2.75, 3.05) is 0 Å². The van der Waals surface area contributed by atoms with Gasteiger partial charge in [0.2, 0.25) is 0 Å². The van der Waals surface area contributed by atoms with Gasteiger partial charge in [0.15, 0.2) is 0 Å². The SMILES string of the molecule is CC.CC.CC#CC.Cc1ccccc1.Cc1ccccc1.c1ccccc1. The third-order valence-corrected chi connectivity index (χ3v) is 2.80.